The topological polar surface area (TPSA) is 3.24 Å². The van der Waals surface area contributed by atoms with Crippen molar-refractivity contribution in [3.63, 3.8) is 0 Å². The fourth-order valence-electron chi connectivity index (χ4n) is 1.21. The van der Waals surface area contributed by atoms with Crippen LogP contribution in [0.25, 0.3) is 0 Å². The Morgan fingerprint density at radius 2 is 1.73 bits per heavy atom. The molecule has 1 saturated heterocycles. The van der Waals surface area contributed by atoms with Crippen LogP contribution in [-0.4, -0.2) is 18.5 Å². The van der Waals surface area contributed by atoms with Crippen LogP contribution in [0.2, 0.25) is 0 Å². The zero-order chi connectivity index (χ0) is 8.20. The summed E-state index contributed by atoms with van der Waals surface area (Å²) in [6.07, 6.45) is 1.24. The van der Waals surface area contributed by atoms with Gasteiger partial charge in [0, 0.05) is 0 Å². The van der Waals surface area contributed by atoms with Crippen molar-refractivity contribution in [2.75, 3.05) is 13.6 Å². The van der Waals surface area contributed by atoms with Crippen LogP contribution in [0.5, 0.6) is 0 Å². The molecule has 64 valence electrons. The van der Waals surface area contributed by atoms with Crippen molar-refractivity contribution in [3.05, 3.63) is 6.54 Å². The molecule has 0 aromatic heterocycles. The van der Waals surface area contributed by atoms with Gasteiger partial charge in [0.2, 0.25) is 0 Å². The summed E-state index contributed by atoms with van der Waals surface area (Å²) in [7, 11) is 2.13. The minimum absolute atomic E-state index is 0. The number of hydrogen-bond acceptors (Lipinski definition) is 1. The van der Waals surface area contributed by atoms with E-state index < -0.39 is 0 Å². The Morgan fingerprint density at radius 1 is 1.27 bits per heavy atom. The molecule has 0 aromatic rings. The van der Waals surface area contributed by atoms with E-state index in [1.54, 1.807) is 0 Å². The van der Waals surface area contributed by atoms with E-state index >= 15 is 0 Å². The average Bonchev–Trinajstić information content (AvgIpc) is 2.15. The summed E-state index contributed by atoms with van der Waals surface area (Å²) in [5.74, 6) is 0. The molecular weight excluding hydrogens is 389 g/mol. The first-order valence-electron chi connectivity index (χ1n) is 4.14. The van der Waals surface area contributed by atoms with Crippen LogP contribution in [0.3, 0.4) is 0 Å². The second-order valence-corrected chi connectivity index (χ2v) is 3.47. The van der Waals surface area contributed by atoms with Crippen LogP contribution in [0.15, 0.2) is 0 Å². The van der Waals surface area contributed by atoms with Gasteiger partial charge >= 0.3 is 0 Å². The molecule has 2 heteroatoms. The van der Waals surface area contributed by atoms with E-state index in [4.69, 9.17) is 0 Å². The SMILES string of the molecule is CC.CN1[CH-]CC(C)(C)C1.[Rf]. The zero-order valence-electron chi connectivity index (χ0n) is 8.65. The first-order valence-corrected chi connectivity index (χ1v) is 4.14. The van der Waals surface area contributed by atoms with Gasteiger partial charge in [-0.2, -0.15) is 6.42 Å². The molecule has 1 fully saturated rings. The van der Waals surface area contributed by atoms with E-state index in [1.807, 2.05) is 13.8 Å². The summed E-state index contributed by atoms with van der Waals surface area (Å²) < 4.78 is 0. The molecule has 1 heterocycles. The first kappa shape index (κ1) is 12.6. The summed E-state index contributed by atoms with van der Waals surface area (Å²) in [4.78, 5) is 2.26. The van der Waals surface area contributed by atoms with Gasteiger partial charge in [0.25, 0.3) is 0 Å². The molecule has 1 aliphatic rings. The molecule has 1 rings (SSSR count). The van der Waals surface area contributed by atoms with Crippen molar-refractivity contribution < 1.29 is 0 Å². The molecule has 1 nitrogen and oxygen atoms in total. The van der Waals surface area contributed by atoms with Crippen molar-refractivity contribution in [2.24, 2.45) is 5.41 Å². The Labute approximate surface area is 65.4 Å². The van der Waals surface area contributed by atoms with Crippen LogP contribution in [0.4, 0.5) is 0 Å². The third-order valence-corrected chi connectivity index (χ3v) is 1.63. The van der Waals surface area contributed by atoms with Gasteiger partial charge in [-0.05, 0) is 13.6 Å². The Balaban J connectivity index is 0. The first-order chi connectivity index (χ1) is 4.60. The van der Waals surface area contributed by atoms with Crippen molar-refractivity contribution in [3.8, 4) is 0 Å². The normalized spacial score (nSPS) is 21.5. The maximum absolute atomic E-state index is 2.30. The van der Waals surface area contributed by atoms with Crippen LogP contribution in [0, 0.1) is 12.0 Å². The van der Waals surface area contributed by atoms with E-state index in [0.29, 0.717) is 5.41 Å². The van der Waals surface area contributed by atoms with Crippen molar-refractivity contribution >= 4 is 0 Å². The van der Waals surface area contributed by atoms with E-state index in [9.17, 15) is 0 Å². The Morgan fingerprint density at radius 3 is 1.82 bits per heavy atom. The fourth-order valence-corrected chi connectivity index (χ4v) is 1.21. The predicted molar refractivity (Wildman–Crippen MR) is 46.7 cm³/mol. The van der Waals surface area contributed by atoms with Crippen LogP contribution < -0.4 is 0 Å². The summed E-state index contributed by atoms with van der Waals surface area (Å²) in [6.45, 7) is 12.1. The smallest absolute Gasteiger partial charge is 0 e. The van der Waals surface area contributed by atoms with E-state index in [2.05, 4.69) is 32.3 Å². The summed E-state index contributed by atoms with van der Waals surface area (Å²) >= 11 is 0. The van der Waals surface area contributed by atoms with Gasteiger partial charge in [0.05, 0.1) is 0 Å². The molecule has 0 spiro atoms. The van der Waals surface area contributed by atoms with Gasteiger partial charge in [0.15, 0.2) is 0 Å². The largest absolute Gasteiger partial charge is 0.459 e. The van der Waals surface area contributed by atoms with Crippen molar-refractivity contribution in [2.45, 2.75) is 34.1 Å². The van der Waals surface area contributed by atoms with Gasteiger partial charge in [0.1, 0.15) is 0 Å². The minimum atomic E-state index is 0. The number of hydrogen-bond donors (Lipinski definition) is 0. The molecule has 0 amide bonds. The number of likely N-dealkylation sites (tertiary alicyclic amines) is 1. The summed E-state index contributed by atoms with van der Waals surface area (Å²) in [6, 6.07) is 0. The monoisotopic (exact) mass is 409 g/mol. The van der Waals surface area contributed by atoms with E-state index in [-0.39, 0.29) is 0 Å². The molecule has 0 aliphatic carbocycles. The predicted octanol–water partition coefficient (Wildman–Crippen LogP) is 2.54. The number of nitrogens with zero attached hydrogens (tertiary/aromatic N) is 1. The van der Waals surface area contributed by atoms with Crippen LogP contribution in [0.1, 0.15) is 34.1 Å². The third-order valence-electron chi connectivity index (χ3n) is 1.63. The maximum atomic E-state index is 2.30. The molecule has 0 aromatic carbocycles. The quantitative estimate of drug-likeness (QED) is 0.556. The van der Waals surface area contributed by atoms with Gasteiger partial charge in [-0.1, -0.05) is 33.1 Å². The molecule has 0 unspecified atom stereocenters. The van der Waals surface area contributed by atoms with Crippen molar-refractivity contribution in [1.82, 2.24) is 4.90 Å². The summed E-state index contributed by atoms with van der Waals surface area (Å²) in [5.41, 5.74) is 0.536. The van der Waals surface area contributed by atoms with Crippen LogP contribution in [-0.2, 0) is 0 Å². The molecule has 0 radical (unpaired) electrons. The molecule has 0 N–H and O–H groups in total. The fraction of sp³-hybridized carbons (Fsp3) is 0.889. The van der Waals surface area contributed by atoms with Crippen molar-refractivity contribution in [1.29, 1.82) is 0 Å². The second kappa shape index (κ2) is 4.73. The standard InChI is InChI=1S/C7H14N.C2H6.Rf/c1-7(2)4-5-8(3)6-7;1-2;/h5H,4,6H2,1-3H3;1-2H3;/q-1;;. The van der Waals surface area contributed by atoms with Gasteiger partial charge in [-0.3, -0.25) is 6.54 Å². The molecule has 11 heavy (non-hydrogen) atoms. The van der Waals surface area contributed by atoms with E-state index in [0.717, 1.165) is 0 Å². The Kier molecular flexibility index (Phi) is 5.42. The summed E-state index contributed by atoms with van der Waals surface area (Å²) in [5, 5.41) is 0. The van der Waals surface area contributed by atoms with E-state index in [1.165, 1.54) is 13.0 Å². The average molecular weight is 409 g/mol. The third kappa shape index (κ3) is 4.38. The molecule has 0 bridgehead atoms. The van der Waals surface area contributed by atoms with Gasteiger partial charge in [-0.15, -0.1) is 0 Å². The molecule has 0 atom stereocenters. The second-order valence-electron chi connectivity index (χ2n) is 3.47. The Hall–Kier alpha value is -1.04. The molecular formula is C9H20NRf-. The maximum Gasteiger partial charge on any atom is 0 e. The molecule has 0 saturated carbocycles. The molecule has 1 aliphatic heterocycles. The van der Waals surface area contributed by atoms with Gasteiger partial charge in [-0.25, -0.2) is 0 Å². The Bertz CT molecular complexity index is 91.6. The number of rotatable bonds is 0. The van der Waals surface area contributed by atoms with Crippen LogP contribution >= 0.6 is 0 Å². The van der Waals surface area contributed by atoms with Gasteiger partial charge < -0.3 is 4.90 Å². The minimum Gasteiger partial charge on any atom is -0.459 e. The zero-order valence-corrected chi connectivity index (χ0v) is 15.0.